The minimum atomic E-state index is 1.16. The minimum absolute atomic E-state index is 1.16. The molecule has 0 fully saturated rings. The van der Waals surface area contributed by atoms with Crippen LogP contribution in [0.3, 0.4) is 0 Å². The zero-order valence-electron chi connectivity index (χ0n) is 19.4. The van der Waals surface area contributed by atoms with Crippen molar-refractivity contribution in [3.8, 4) is 33.6 Å². The van der Waals surface area contributed by atoms with Gasteiger partial charge in [0, 0.05) is 24.3 Å². The van der Waals surface area contributed by atoms with Crippen LogP contribution in [0.4, 0.5) is 0 Å². The second kappa shape index (κ2) is 8.84. The van der Waals surface area contributed by atoms with Gasteiger partial charge in [-0.3, -0.25) is 0 Å². The average Bonchev–Trinajstić information content (AvgIpc) is 2.85. The molecule has 0 spiro atoms. The van der Waals surface area contributed by atoms with E-state index in [-0.39, 0.29) is 0 Å². The highest BCUT2D eigenvalue weighted by atomic mass is 15.4. The van der Waals surface area contributed by atoms with Crippen molar-refractivity contribution in [1.82, 2.24) is 0 Å². The van der Waals surface area contributed by atoms with E-state index < -0.39 is 0 Å². The van der Waals surface area contributed by atoms with E-state index in [2.05, 4.69) is 146 Å². The molecule has 2 aromatic heterocycles. The molecule has 3 aromatic carbocycles. The molecule has 2 heterocycles. The number of rotatable bonds is 4. The molecule has 2 nitrogen and oxygen atoms in total. The summed E-state index contributed by atoms with van der Waals surface area (Å²) in [4.78, 5) is 0. The van der Waals surface area contributed by atoms with E-state index in [0.717, 1.165) is 11.4 Å². The summed E-state index contributed by atoms with van der Waals surface area (Å²) in [6.45, 7) is 6.51. The van der Waals surface area contributed by atoms with Crippen LogP contribution in [0.2, 0.25) is 0 Å². The van der Waals surface area contributed by atoms with Crippen molar-refractivity contribution < 1.29 is 9.35 Å². The van der Waals surface area contributed by atoms with Gasteiger partial charge in [0.2, 0.25) is 12.4 Å². The second-order valence-electron chi connectivity index (χ2n) is 8.57. The summed E-state index contributed by atoms with van der Waals surface area (Å²) in [6, 6.07) is 36.7. The molecule has 0 saturated carbocycles. The summed E-state index contributed by atoms with van der Waals surface area (Å²) in [5.41, 5.74) is 11.0. The molecule has 5 rings (SSSR count). The van der Waals surface area contributed by atoms with E-state index in [1.165, 1.54) is 38.9 Å². The molecule has 0 N–H and O–H groups in total. The molecule has 0 unspecified atom stereocenters. The van der Waals surface area contributed by atoms with Crippen LogP contribution < -0.4 is 9.35 Å². The molecule has 33 heavy (non-hydrogen) atoms. The molecular weight excluding hydrogens is 400 g/mol. The van der Waals surface area contributed by atoms with Crippen molar-refractivity contribution >= 4 is 0 Å². The molecule has 0 aliphatic heterocycles. The maximum Gasteiger partial charge on any atom is 0.284 e. The first-order valence-electron chi connectivity index (χ1n) is 11.4. The van der Waals surface area contributed by atoms with Crippen LogP contribution in [0.15, 0.2) is 116 Å². The summed E-state index contributed by atoms with van der Waals surface area (Å²) >= 11 is 0. The third-order valence-corrected chi connectivity index (χ3v) is 6.20. The highest BCUT2D eigenvalue weighted by Crippen LogP contribution is 2.28. The molecular formula is C31H28N2+2. The van der Waals surface area contributed by atoms with Gasteiger partial charge in [-0.15, -0.1) is 0 Å². The maximum absolute atomic E-state index is 2.31. The van der Waals surface area contributed by atoms with Gasteiger partial charge in [-0.05, 0) is 66.8 Å². The van der Waals surface area contributed by atoms with Gasteiger partial charge in [-0.1, -0.05) is 60.7 Å². The number of benzene rings is 3. The number of nitrogens with zero attached hydrogens (tertiary/aromatic N) is 2. The van der Waals surface area contributed by atoms with E-state index in [1.54, 1.807) is 0 Å². The summed E-state index contributed by atoms with van der Waals surface area (Å²) in [6.07, 6.45) is 4.30. The van der Waals surface area contributed by atoms with Crippen LogP contribution in [0.5, 0.6) is 0 Å². The Morgan fingerprint density at radius 3 is 1.97 bits per heavy atom. The number of aromatic nitrogens is 2. The van der Waals surface area contributed by atoms with Gasteiger partial charge < -0.3 is 0 Å². The first-order valence-corrected chi connectivity index (χ1v) is 11.4. The fraction of sp³-hybridized carbons (Fsp3) is 0.0968. The number of pyridine rings is 2. The highest BCUT2D eigenvalue weighted by Gasteiger charge is 2.28. The van der Waals surface area contributed by atoms with Crippen molar-refractivity contribution in [1.29, 1.82) is 0 Å². The van der Waals surface area contributed by atoms with E-state index in [0.29, 0.717) is 0 Å². The Labute approximate surface area is 196 Å². The monoisotopic (exact) mass is 428 g/mol. The fourth-order valence-corrected chi connectivity index (χ4v) is 4.39. The SMILES string of the molecule is Cc1cc[n+](-[n+]2ccccc2-c2ccccc2C)c(-c2cc(-c3ccccc3)ccc2C)c1. The quantitative estimate of drug-likeness (QED) is 0.289. The van der Waals surface area contributed by atoms with E-state index >= 15 is 0 Å². The van der Waals surface area contributed by atoms with Crippen molar-refractivity contribution in [2.75, 3.05) is 0 Å². The topological polar surface area (TPSA) is 7.76 Å². The van der Waals surface area contributed by atoms with Gasteiger partial charge >= 0.3 is 0 Å². The molecule has 0 atom stereocenters. The Bertz CT molecular complexity index is 1440. The molecule has 5 aromatic rings. The number of aryl methyl sites for hydroxylation is 3. The van der Waals surface area contributed by atoms with Gasteiger partial charge in [0.15, 0.2) is 0 Å². The Morgan fingerprint density at radius 2 is 1.15 bits per heavy atom. The molecule has 0 amide bonds. The molecule has 0 saturated heterocycles. The lowest BCUT2D eigenvalue weighted by molar-refractivity contribution is -1.29. The van der Waals surface area contributed by atoms with Crippen molar-refractivity contribution in [3.63, 3.8) is 0 Å². The smallest absolute Gasteiger partial charge is 0.0622 e. The minimum Gasteiger partial charge on any atom is -0.0622 e. The number of hydrogen-bond donors (Lipinski definition) is 0. The first kappa shape index (κ1) is 20.8. The van der Waals surface area contributed by atoms with Gasteiger partial charge in [0.05, 0.1) is 20.5 Å². The van der Waals surface area contributed by atoms with Gasteiger partial charge in [0.1, 0.15) is 0 Å². The molecule has 2 heteroatoms. The van der Waals surface area contributed by atoms with Gasteiger partial charge in [0.25, 0.3) is 11.4 Å². The zero-order valence-corrected chi connectivity index (χ0v) is 19.4. The number of hydrogen-bond acceptors (Lipinski definition) is 0. The molecule has 0 aliphatic carbocycles. The fourth-order valence-electron chi connectivity index (χ4n) is 4.39. The molecule has 160 valence electrons. The highest BCUT2D eigenvalue weighted by molar-refractivity contribution is 5.73. The Hall–Kier alpha value is -4.04. The summed E-state index contributed by atoms with van der Waals surface area (Å²) in [7, 11) is 0. The van der Waals surface area contributed by atoms with Crippen LogP contribution in [0.25, 0.3) is 33.6 Å². The third-order valence-electron chi connectivity index (χ3n) is 6.20. The van der Waals surface area contributed by atoms with Crippen LogP contribution >= 0.6 is 0 Å². The lowest BCUT2D eigenvalue weighted by Gasteiger charge is -2.09. The lowest BCUT2D eigenvalue weighted by Crippen LogP contribution is -2.68. The lowest BCUT2D eigenvalue weighted by atomic mass is 9.97. The summed E-state index contributed by atoms with van der Waals surface area (Å²) < 4.78 is 4.50. The Balaban J connectivity index is 1.74. The normalized spacial score (nSPS) is 10.9. The Morgan fingerprint density at radius 1 is 0.455 bits per heavy atom. The van der Waals surface area contributed by atoms with Crippen LogP contribution in [0, 0.1) is 20.8 Å². The van der Waals surface area contributed by atoms with Gasteiger partial charge in [-0.25, -0.2) is 0 Å². The Kier molecular flexibility index (Phi) is 5.58. The van der Waals surface area contributed by atoms with Crippen molar-refractivity contribution in [2.24, 2.45) is 0 Å². The zero-order chi connectivity index (χ0) is 22.8. The van der Waals surface area contributed by atoms with E-state index in [4.69, 9.17) is 0 Å². The standard InChI is InChI=1S/C31H28N2/c1-23-18-20-33(32-19-10-9-15-30(32)28-14-8-7-11-24(28)2)31(21-23)29-22-27(17-16-25(29)3)26-12-5-4-6-13-26/h4-22H,1-3H3/q+2. The summed E-state index contributed by atoms with van der Waals surface area (Å²) in [5.74, 6) is 0. The van der Waals surface area contributed by atoms with E-state index in [1.807, 2.05) is 0 Å². The molecule has 0 radical (unpaired) electrons. The average molecular weight is 429 g/mol. The summed E-state index contributed by atoms with van der Waals surface area (Å²) in [5, 5.41) is 0. The van der Waals surface area contributed by atoms with Crippen LogP contribution in [-0.2, 0) is 0 Å². The maximum atomic E-state index is 2.31. The largest absolute Gasteiger partial charge is 0.284 e. The van der Waals surface area contributed by atoms with Crippen LogP contribution in [-0.4, -0.2) is 0 Å². The van der Waals surface area contributed by atoms with Crippen LogP contribution in [0.1, 0.15) is 16.7 Å². The second-order valence-corrected chi connectivity index (χ2v) is 8.57. The third kappa shape index (κ3) is 4.08. The van der Waals surface area contributed by atoms with E-state index in [9.17, 15) is 0 Å². The predicted molar refractivity (Wildman–Crippen MR) is 135 cm³/mol. The van der Waals surface area contributed by atoms with Gasteiger partial charge in [-0.2, -0.15) is 0 Å². The molecule has 0 bridgehead atoms. The molecule has 0 aliphatic rings. The first-order chi connectivity index (χ1) is 16.1. The van der Waals surface area contributed by atoms with Crippen molar-refractivity contribution in [3.05, 3.63) is 132 Å². The van der Waals surface area contributed by atoms with Crippen molar-refractivity contribution in [2.45, 2.75) is 20.8 Å². The predicted octanol–water partition coefficient (Wildman–Crippen LogP) is 6.50.